The molecule has 0 aliphatic heterocycles. The first-order chi connectivity index (χ1) is 21.8. The molecule has 1 aromatic heterocycles. The van der Waals surface area contributed by atoms with Gasteiger partial charge >= 0.3 is 0 Å². The molecule has 0 atom stereocenters. The largest absolute Gasteiger partial charge is 0.455 e. The summed E-state index contributed by atoms with van der Waals surface area (Å²) in [6, 6.07) is 61.4. The molecule has 1 heteroatoms. The van der Waals surface area contributed by atoms with Gasteiger partial charge in [-0.05, 0) is 68.3 Å². The lowest BCUT2D eigenvalue weighted by Gasteiger charge is -2.34. The van der Waals surface area contributed by atoms with Gasteiger partial charge in [-0.15, -0.1) is 0 Å². The van der Waals surface area contributed by atoms with Gasteiger partial charge < -0.3 is 4.42 Å². The fourth-order valence-corrected chi connectivity index (χ4v) is 7.50. The van der Waals surface area contributed by atoms with Crippen LogP contribution in [-0.2, 0) is 5.41 Å². The van der Waals surface area contributed by atoms with Crippen LogP contribution in [0.5, 0.6) is 0 Å². The van der Waals surface area contributed by atoms with Crippen LogP contribution in [0.2, 0.25) is 0 Å². The van der Waals surface area contributed by atoms with E-state index in [0.29, 0.717) is 0 Å². The van der Waals surface area contributed by atoms with E-state index in [4.69, 9.17) is 4.42 Å². The highest BCUT2D eigenvalue weighted by atomic mass is 16.3. The normalized spacial score (nSPS) is 13.2. The van der Waals surface area contributed by atoms with E-state index in [0.717, 1.165) is 16.6 Å². The van der Waals surface area contributed by atoms with Crippen molar-refractivity contribution in [1.29, 1.82) is 0 Å². The van der Waals surface area contributed by atoms with Crippen LogP contribution in [-0.4, -0.2) is 0 Å². The summed E-state index contributed by atoms with van der Waals surface area (Å²) in [6.07, 6.45) is 0. The molecule has 206 valence electrons. The molecular weight excluding hydrogens is 532 g/mol. The van der Waals surface area contributed by atoms with Gasteiger partial charge in [0.25, 0.3) is 0 Å². The van der Waals surface area contributed by atoms with Crippen LogP contribution in [0.15, 0.2) is 174 Å². The zero-order chi connectivity index (χ0) is 29.1. The van der Waals surface area contributed by atoms with E-state index in [1.807, 2.05) is 0 Å². The van der Waals surface area contributed by atoms with Gasteiger partial charge in [0, 0.05) is 16.3 Å². The lowest BCUT2D eigenvalue weighted by atomic mass is 9.67. The zero-order valence-electron chi connectivity index (χ0n) is 24.1. The fourth-order valence-electron chi connectivity index (χ4n) is 7.50. The maximum atomic E-state index is 6.89. The monoisotopic (exact) mass is 560 g/mol. The first kappa shape index (κ1) is 24.9. The topological polar surface area (TPSA) is 13.1 Å². The predicted octanol–water partition coefficient (Wildman–Crippen LogP) is 11.3. The lowest BCUT2D eigenvalue weighted by Crippen LogP contribution is -2.28. The van der Waals surface area contributed by atoms with Gasteiger partial charge in [-0.25, -0.2) is 0 Å². The van der Waals surface area contributed by atoms with Crippen molar-refractivity contribution in [2.45, 2.75) is 5.41 Å². The molecule has 0 radical (unpaired) electrons. The molecule has 1 aliphatic carbocycles. The van der Waals surface area contributed by atoms with Crippen molar-refractivity contribution < 1.29 is 4.42 Å². The van der Waals surface area contributed by atoms with Gasteiger partial charge in [-0.1, -0.05) is 152 Å². The van der Waals surface area contributed by atoms with Crippen LogP contribution >= 0.6 is 0 Å². The Morgan fingerprint density at radius 2 is 0.977 bits per heavy atom. The summed E-state index contributed by atoms with van der Waals surface area (Å²) in [5.74, 6) is 0. The zero-order valence-corrected chi connectivity index (χ0v) is 24.1. The summed E-state index contributed by atoms with van der Waals surface area (Å²) in [6.45, 7) is 0. The molecule has 0 N–H and O–H groups in total. The van der Waals surface area contributed by atoms with Crippen molar-refractivity contribution in [2.75, 3.05) is 0 Å². The number of hydrogen-bond donors (Lipinski definition) is 0. The summed E-state index contributed by atoms with van der Waals surface area (Å²) in [5.41, 5.74) is 13.5. The molecule has 0 saturated heterocycles. The fraction of sp³-hybridized carbons (Fsp3) is 0.0233. The highest BCUT2D eigenvalue weighted by molar-refractivity contribution is 6.18. The number of para-hydroxylation sites is 1. The smallest absolute Gasteiger partial charge is 0.144 e. The molecule has 0 saturated carbocycles. The van der Waals surface area contributed by atoms with E-state index in [2.05, 4.69) is 170 Å². The van der Waals surface area contributed by atoms with E-state index < -0.39 is 5.41 Å². The highest BCUT2D eigenvalue weighted by Crippen LogP contribution is 2.60. The molecule has 1 aliphatic rings. The van der Waals surface area contributed by atoms with Crippen molar-refractivity contribution in [2.24, 2.45) is 0 Å². The summed E-state index contributed by atoms with van der Waals surface area (Å²) in [4.78, 5) is 0. The van der Waals surface area contributed by atoms with Crippen LogP contribution in [0.4, 0.5) is 0 Å². The summed E-state index contributed by atoms with van der Waals surface area (Å²) < 4.78 is 6.89. The predicted molar refractivity (Wildman–Crippen MR) is 182 cm³/mol. The van der Waals surface area contributed by atoms with Gasteiger partial charge in [-0.2, -0.15) is 0 Å². The Balaban J connectivity index is 1.50. The minimum Gasteiger partial charge on any atom is -0.455 e. The minimum absolute atomic E-state index is 0.547. The number of fused-ring (bicyclic) bond motifs is 7. The first-order valence-electron chi connectivity index (χ1n) is 15.2. The molecule has 7 aromatic carbocycles. The molecular formula is C43H28O. The van der Waals surface area contributed by atoms with E-state index >= 15 is 0 Å². The number of benzene rings is 7. The Hall–Kier alpha value is -5.66. The van der Waals surface area contributed by atoms with E-state index in [1.54, 1.807) is 0 Å². The van der Waals surface area contributed by atoms with Crippen molar-refractivity contribution in [3.8, 4) is 33.4 Å². The summed E-state index contributed by atoms with van der Waals surface area (Å²) >= 11 is 0. The third-order valence-electron chi connectivity index (χ3n) is 9.35. The average Bonchev–Trinajstić information content (AvgIpc) is 3.63. The molecule has 0 amide bonds. The van der Waals surface area contributed by atoms with E-state index in [-0.39, 0.29) is 0 Å². The standard InChI is InChI=1S/C43H28O/c1-5-15-29(16-6-1)31-25-26-34-37(27-31)43(32-19-9-3-10-20-32,33-21-11-4-12-22-33)38-28-36(30-17-7-2-8-18-30)40-35-23-13-14-24-39(35)44-42(40)41(34)38/h1-28H. The third kappa shape index (κ3) is 3.47. The van der Waals surface area contributed by atoms with Crippen LogP contribution < -0.4 is 0 Å². The van der Waals surface area contributed by atoms with Gasteiger partial charge in [0.15, 0.2) is 0 Å². The van der Waals surface area contributed by atoms with Crippen LogP contribution in [0.25, 0.3) is 55.3 Å². The lowest BCUT2D eigenvalue weighted by molar-refractivity contribution is 0.669. The summed E-state index contributed by atoms with van der Waals surface area (Å²) in [5, 5.41) is 2.31. The average molecular weight is 561 g/mol. The Morgan fingerprint density at radius 3 is 1.64 bits per heavy atom. The highest BCUT2D eigenvalue weighted by Gasteiger charge is 2.48. The Labute approximate surface area is 256 Å². The SMILES string of the molecule is c1ccc(-c2ccc3c(c2)C(c2ccccc2)(c2ccccc2)c2cc(-c4ccccc4)c4c(oc5ccccc54)c2-3)cc1. The van der Waals surface area contributed by atoms with Crippen molar-refractivity contribution in [3.63, 3.8) is 0 Å². The number of hydrogen-bond acceptors (Lipinski definition) is 1. The molecule has 0 unspecified atom stereocenters. The molecule has 8 aromatic rings. The van der Waals surface area contributed by atoms with Crippen LogP contribution in [0.3, 0.4) is 0 Å². The Bertz CT molecular complexity index is 2260. The summed E-state index contributed by atoms with van der Waals surface area (Å²) in [7, 11) is 0. The van der Waals surface area contributed by atoms with E-state index in [1.165, 1.54) is 61.0 Å². The first-order valence-corrected chi connectivity index (χ1v) is 15.2. The van der Waals surface area contributed by atoms with E-state index in [9.17, 15) is 0 Å². The van der Waals surface area contributed by atoms with Gasteiger partial charge in [-0.3, -0.25) is 0 Å². The molecule has 0 fully saturated rings. The molecule has 44 heavy (non-hydrogen) atoms. The number of furan rings is 1. The van der Waals surface area contributed by atoms with Gasteiger partial charge in [0.2, 0.25) is 0 Å². The van der Waals surface area contributed by atoms with Crippen molar-refractivity contribution in [1.82, 2.24) is 0 Å². The second kappa shape index (κ2) is 9.69. The maximum Gasteiger partial charge on any atom is 0.144 e. The van der Waals surface area contributed by atoms with Crippen molar-refractivity contribution >= 4 is 21.9 Å². The minimum atomic E-state index is -0.547. The molecule has 1 nitrogen and oxygen atoms in total. The maximum absolute atomic E-state index is 6.89. The molecule has 1 heterocycles. The third-order valence-corrected chi connectivity index (χ3v) is 9.35. The molecule has 0 spiro atoms. The Morgan fingerprint density at radius 1 is 0.409 bits per heavy atom. The van der Waals surface area contributed by atoms with Crippen LogP contribution in [0.1, 0.15) is 22.3 Å². The van der Waals surface area contributed by atoms with Crippen molar-refractivity contribution in [3.05, 3.63) is 192 Å². The number of rotatable bonds is 4. The Kier molecular flexibility index (Phi) is 5.48. The second-order valence-corrected chi connectivity index (χ2v) is 11.6. The second-order valence-electron chi connectivity index (χ2n) is 11.6. The van der Waals surface area contributed by atoms with Gasteiger partial charge in [0.05, 0.1) is 5.41 Å². The quantitative estimate of drug-likeness (QED) is 0.209. The molecule has 9 rings (SSSR count). The molecule has 0 bridgehead atoms. The van der Waals surface area contributed by atoms with Crippen LogP contribution in [0, 0.1) is 0 Å². The van der Waals surface area contributed by atoms with Gasteiger partial charge in [0.1, 0.15) is 11.2 Å².